The molecule has 0 spiro atoms. The van der Waals surface area contributed by atoms with Gasteiger partial charge in [-0.2, -0.15) is 0 Å². The molecule has 0 unspecified atom stereocenters. The second-order valence-electron chi connectivity index (χ2n) is 3.92. The zero-order valence-electron chi connectivity index (χ0n) is 9.56. The minimum Gasteiger partial charge on any atom is -0.466 e. The molecule has 0 fully saturated rings. The van der Waals surface area contributed by atoms with E-state index < -0.39 is 0 Å². The topological polar surface area (TPSA) is 29.5 Å². The van der Waals surface area contributed by atoms with Crippen molar-refractivity contribution in [1.29, 1.82) is 0 Å². The Balaban J connectivity index is 2.19. The quantitative estimate of drug-likeness (QED) is 0.559. The van der Waals surface area contributed by atoms with Crippen LogP contribution in [0.15, 0.2) is 24.3 Å². The maximum Gasteiger partial charge on any atom is 0.330 e. The van der Waals surface area contributed by atoms with Crippen LogP contribution in [-0.4, -0.2) is 26.7 Å². The van der Waals surface area contributed by atoms with Crippen LogP contribution >= 0.6 is 0 Å². The van der Waals surface area contributed by atoms with E-state index in [0.29, 0.717) is 0 Å². The molecule has 0 saturated heterocycles. The average molecular weight is 217 g/mol. The fourth-order valence-corrected chi connectivity index (χ4v) is 1.92. The van der Waals surface area contributed by atoms with Gasteiger partial charge in [0.2, 0.25) is 0 Å². The molecule has 0 radical (unpaired) electrons. The molecule has 2 rings (SSSR count). The molecule has 3 nitrogen and oxygen atoms in total. The van der Waals surface area contributed by atoms with Crippen LogP contribution in [0.1, 0.15) is 11.1 Å². The van der Waals surface area contributed by atoms with Crippen LogP contribution in [0.2, 0.25) is 0 Å². The summed E-state index contributed by atoms with van der Waals surface area (Å²) >= 11 is 0. The Bertz CT molecular complexity index is 438. The van der Waals surface area contributed by atoms with Crippen LogP contribution in [0, 0.1) is 0 Å². The number of carbonyl (C=O) groups excluding carboxylic acids is 1. The van der Waals surface area contributed by atoms with E-state index in [1.807, 2.05) is 6.07 Å². The van der Waals surface area contributed by atoms with E-state index in [1.54, 1.807) is 6.08 Å². The summed E-state index contributed by atoms with van der Waals surface area (Å²) in [5.41, 5.74) is 3.67. The molecule has 0 N–H and O–H groups in total. The molecule has 0 saturated carbocycles. The van der Waals surface area contributed by atoms with Gasteiger partial charge in [0.05, 0.1) is 7.11 Å². The van der Waals surface area contributed by atoms with E-state index in [4.69, 9.17) is 0 Å². The van der Waals surface area contributed by atoms with E-state index in [9.17, 15) is 4.79 Å². The molecule has 1 heterocycles. The van der Waals surface area contributed by atoms with Gasteiger partial charge >= 0.3 is 5.97 Å². The summed E-state index contributed by atoms with van der Waals surface area (Å²) in [5.74, 6) is -0.322. The van der Waals surface area contributed by atoms with E-state index in [2.05, 4.69) is 28.8 Å². The smallest absolute Gasteiger partial charge is 0.330 e. The fraction of sp³-hybridized carbons (Fsp3) is 0.308. The molecule has 0 bridgehead atoms. The van der Waals surface area contributed by atoms with Crippen molar-refractivity contribution in [2.24, 2.45) is 0 Å². The number of carbonyl (C=O) groups is 1. The largest absolute Gasteiger partial charge is 0.466 e. The first-order valence-corrected chi connectivity index (χ1v) is 5.31. The first-order valence-electron chi connectivity index (χ1n) is 5.31. The van der Waals surface area contributed by atoms with Crippen LogP contribution in [0.3, 0.4) is 0 Å². The first-order chi connectivity index (χ1) is 7.70. The molecule has 0 aliphatic carbocycles. The summed E-state index contributed by atoms with van der Waals surface area (Å²) in [5, 5.41) is 0. The normalized spacial score (nSPS) is 14.2. The van der Waals surface area contributed by atoms with Gasteiger partial charge in [0.25, 0.3) is 0 Å². The number of ether oxygens (including phenoxy) is 1. The lowest BCUT2D eigenvalue weighted by molar-refractivity contribution is -0.134. The van der Waals surface area contributed by atoms with Gasteiger partial charge in [-0.15, -0.1) is 0 Å². The van der Waals surface area contributed by atoms with Crippen LogP contribution < -0.4 is 4.90 Å². The van der Waals surface area contributed by atoms with Gasteiger partial charge in [0.1, 0.15) is 0 Å². The third-order valence-electron chi connectivity index (χ3n) is 2.84. The maximum absolute atomic E-state index is 11.0. The third kappa shape index (κ3) is 2.08. The monoisotopic (exact) mass is 217 g/mol. The van der Waals surface area contributed by atoms with Gasteiger partial charge in [0.15, 0.2) is 0 Å². The highest BCUT2D eigenvalue weighted by Gasteiger charge is 2.14. The summed E-state index contributed by atoms with van der Waals surface area (Å²) in [6.07, 6.45) is 4.30. The Kier molecular flexibility index (Phi) is 2.95. The lowest BCUT2D eigenvalue weighted by Crippen LogP contribution is -2.12. The molecule has 1 aliphatic heterocycles. The van der Waals surface area contributed by atoms with Crippen LogP contribution in [0.5, 0.6) is 0 Å². The van der Waals surface area contributed by atoms with E-state index in [0.717, 1.165) is 18.5 Å². The number of hydrogen-bond donors (Lipinski definition) is 0. The van der Waals surface area contributed by atoms with Crippen molar-refractivity contribution in [1.82, 2.24) is 0 Å². The number of hydrogen-bond acceptors (Lipinski definition) is 3. The van der Waals surface area contributed by atoms with Crippen molar-refractivity contribution in [3.05, 3.63) is 35.4 Å². The second kappa shape index (κ2) is 4.39. The second-order valence-corrected chi connectivity index (χ2v) is 3.92. The molecule has 1 aromatic rings. The lowest BCUT2D eigenvalue weighted by Gasteiger charge is -2.11. The average Bonchev–Trinajstić information content (AvgIpc) is 2.67. The number of rotatable bonds is 2. The van der Waals surface area contributed by atoms with Crippen molar-refractivity contribution in [3.63, 3.8) is 0 Å². The highest BCUT2D eigenvalue weighted by atomic mass is 16.5. The predicted molar refractivity (Wildman–Crippen MR) is 64.5 cm³/mol. The van der Waals surface area contributed by atoms with Crippen molar-refractivity contribution in [2.75, 3.05) is 25.6 Å². The summed E-state index contributed by atoms with van der Waals surface area (Å²) in [6, 6.07) is 6.23. The van der Waals surface area contributed by atoms with Gasteiger partial charge in [-0.1, -0.05) is 6.07 Å². The van der Waals surface area contributed by atoms with Gasteiger partial charge in [-0.25, -0.2) is 4.79 Å². The van der Waals surface area contributed by atoms with Gasteiger partial charge in [0, 0.05) is 25.4 Å². The highest BCUT2D eigenvalue weighted by Crippen LogP contribution is 2.27. The highest BCUT2D eigenvalue weighted by molar-refractivity contribution is 5.87. The standard InChI is InChI=1S/C13H15NO2/c1-14-8-7-11-9-10(3-5-12(11)14)4-6-13(15)16-2/h3-6,9H,7-8H2,1-2H3/b6-4+. The zero-order chi connectivity index (χ0) is 11.5. The van der Waals surface area contributed by atoms with Crippen molar-refractivity contribution < 1.29 is 9.53 Å². The Hall–Kier alpha value is -1.77. The van der Waals surface area contributed by atoms with Crippen molar-refractivity contribution in [2.45, 2.75) is 6.42 Å². The van der Waals surface area contributed by atoms with E-state index in [-0.39, 0.29) is 5.97 Å². The fourth-order valence-electron chi connectivity index (χ4n) is 1.92. The molecule has 0 amide bonds. The predicted octanol–water partition coefficient (Wildman–Crippen LogP) is 1.87. The Morgan fingerprint density at radius 2 is 2.31 bits per heavy atom. The number of methoxy groups -OCH3 is 1. The maximum atomic E-state index is 11.0. The van der Waals surface area contributed by atoms with Crippen molar-refractivity contribution >= 4 is 17.7 Å². The SMILES string of the molecule is COC(=O)/C=C/c1ccc2c(c1)CCN2C. The molecule has 3 heteroatoms. The molecule has 0 aromatic heterocycles. The molecule has 1 aromatic carbocycles. The van der Waals surface area contributed by atoms with Gasteiger partial charge < -0.3 is 9.64 Å². The van der Waals surface area contributed by atoms with E-state index in [1.165, 1.54) is 24.4 Å². The van der Waals surface area contributed by atoms with Gasteiger partial charge in [-0.05, 0) is 35.8 Å². The van der Waals surface area contributed by atoms with E-state index >= 15 is 0 Å². The number of nitrogens with zero attached hydrogens (tertiary/aromatic N) is 1. The molecule has 0 atom stereocenters. The van der Waals surface area contributed by atoms with Crippen LogP contribution in [0.25, 0.3) is 6.08 Å². The molecular formula is C13H15NO2. The summed E-state index contributed by atoms with van der Waals surface area (Å²) in [4.78, 5) is 13.2. The molecule has 84 valence electrons. The summed E-state index contributed by atoms with van der Waals surface area (Å²) in [6.45, 7) is 1.07. The molecular weight excluding hydrogens is 202 g/mol. The summed E-state index contributed by atoms with van der Waals surface area (Å²) in [7, 11) is 3.47. The lowest BCUT2D eigenvalue weighted by atomic mass is 10.1. The number of esters is 1. The Labute approximate surface area is 95.3 Å². The number of anilines is 1. The first kappa shape index (κ1) is 10.7. The number of likely N-dealkylation sites (N-methyl/N-ethyl adjacent to an activating group) is 1. The van der Waals surface area contributed by atoms with Gasteiger partial charge in [-0.3, -0.25) is 0 Å². The minimum atomic E-state index is -0.322. The minimum absolute atomic E-state index is 0.322. The summed E-state index contributed by atoms with van der Waals surface area (Å²) < 4.78 is 4.55. The third-order valence-corrected chi connectivity index (χ3v) is 2.84. The zero-order valence-corrected chi connectivity index (χ0v) is 9.56. The number of benzene rings is 1. The Morgan fingerprint density at radius 1 is 1.50 bits per heavy atom. The van der Waals surface area contributed by atoms with Crippen LogP contribution in [-0.2, 0) is 16.0 Å². The molecule has 1 aliphatic rings. The number of fused-ring (bicyclic) bond motifs is 1. The molecule has 16 heavy (non-hydrogen) atoms. The van der Waals surface area contributed by atoms with Crippen LogP contribution in [0.4, 0.5) is 5.69 Å². The Morgan fingerprint density at radius 3 is 3.06 bits per heavy atom. The van der Waals surface area contributed by atoms with Crippen molar-refractivity contribution in [3.8, 4) is 0 Å².